The van der Waals surface area contributed by atoms with Crippen LogP contribution in [-0.2, 0) is 5.41 Å². The fourth-order valence-corrected chi connectivity index (χ4v) is 4.21. The highest BCUT2D eigenvalue weighted by Crippen LogP contribution is 2.46. The van der Waals surface area contributed by atoms with E-state index in [-0.39, 0.29) is 5.41 Å². The van der Waals surface area contributed by atoms with Crippen LogP contribution in [0, 0.1) is 0 Å². The summed E-state index contributed by atoms with van der Waals surface area (Å²) in [7, 11) is 0. The van der Waals surface area contributed by atoms with E-state index in [1.807, 2.05) is 11.8 Å². The number of halogens is 1. The van der Waals surface area contributed by atoms with Gasteiger partial charge in [-0.3, -0.25) is 0 Å². The Kier molecular flexibility index (Phi) is 3.26. The van der Waals surface area contributed by atoms with Crippen molar-refractivity contribution in [3.05, 3.63) is 28.2 Å². The summed E-state index contributed by atoms with van der Waals surface area (Å²) >= 11 is 5.73. The summed E-state index contributed by atoms with van der Waals surface area (Å²) in [4.78, 5) is 1.39. The van der Waals surface area contributed by atoms with E-state index in [4.69, 9.17) is 5.73 Å². The third-order valence-corrected chi connectivity index (χ3v) is 6.40. The van der Waals surface area contributed by atoms with Crippen LogP contribution in [-0.4, -0.2) is 11.8 Å². The van der Waals surface area contributed by atoms with E-state index < -0.39 is 0 Å². The summed E-state index contributed by atoms with van der Waals surface area (Å²) in [5, 5.41) is 0.865. The van der Waals surface area contributed by atoms with Gasteiger partial charge in [0, 0.05) is 26.6 Å². The summed E-state index contributed by atoms with van der Waals surface area (Å²) in [6.45, 7) is 0.786. The average Bonchev–Trinajstić information content (AvgIpc) is 3.05. The van der Waals surface area contributed by atoms with E-state index in [1.165, 1.54) is 47.0 Å². The molecule has 92 valence electrons. The quantitative estimate of drug-likeness (QED) is 0.906. The predicted octanol–water partition coefficient (Wildman–Crippen LogP) is 4.08. The van der Waals surface area contributed by atoms with Crippen molar-refractivity contribution in [3.8, 4) is 0 Å². The van der Waals surface area contributed by atoms with Crippen LogP contribution in [0.25, 0.3) is 0 Å². The molecule has 3 rings (SSSR count). The van der Waals surface area contributed by atoms with Gasteiger partial charge in [0.05, 0.1) is 0 Å². The Hall–Kier alpha value is 0.01000. The highest BCUT2D eigenvalue weighted by molar-refractivity contribution is 9.10. The maximum Gasteiger partial charge on any atom is 0.0314 e. The van der Waals surface area contributed by atoms with E-state index in [0.717, 1.165) is 11.8 Å². The highest BCUT2D eigenvalue weighted by atomic mass is 79.9. The molecular weight excluding hydrogens is 294 g/mol. The van der Waals surface area contributed by atoms with E-state index in [9.17, 15) is 0 Å². The van der Waals surface area contributed by atoms with E-state index >= 15 is 0 Å². The van der Waals surface area contributed by atoms with Crippen molar-refractivity contribution in [3.63, 3.8) is 0 Å². The van der Waals surface area contributed by atoms with Crippen molar-refractivity contribution in [2.45, 2.75) is 47.7 Å². The molecule has 0 radical (unpaired) electrons. The number of benzene rings is 1. The van der Waals surface area contributed by atoms with Gasteiger partial charge in [-0.15, -0.1) is 11.8 Å². The maximum absolute atomic E-state index is 5.96. The van der Waals surface area contributed by atoms with Crippen LogP contribution in [0.5, 0.6) is 0 Å². The minimum Gasteiger partial charge on any atom is -0.330 e. The number of nitrogens with two attached hydrogens (primary N) is 1. The van der Waals surface area contributed by atoms with Gasteiger partial charge in [0.25, 0.3) is 0 Å². The van der Waals surface area contributed by atoms with Crippen molar-refractivity contribution in [1.82, 2.24) is 0 Å². The standard InChI is InChI=1S/C14H18BrNS/c15-12-8-10(14(9-16)6-1-7-14)2-5-13(12)17-11-3-4-11/h2,5,8,11H,1,3-4,6-7,9,16H2. The van der Waals surface area contributed by atoms with E-state index in [2.05, 4.69) is 34.1 Å². The lowest BCUT2D eigenvalue weighted by atomic mass is 9.64. The second-order valence-electron chi connectivity index (χ2n) is 5.30. The molecule has 0 heterocycles. The van der Waals surface area contributed by atoms with Gasteiger partial charge < -0.3 is 5.73 Å². The Labute approximate surface area is 116 Å². The lowest BCUT2D eigenvalue weighted by molar-refractivity contribution is 0.253. The maximum atomic E-state index is 5.96. The molecule has 0 aliphatic heterocycles. The van der Waals surface area contributed by atoms with Crippen LogP contribution in [0.2, 0.25) is 0 Å². The predicted molar refractivity (Wildman–Crippen MR) is 77.6 cm³/mol. The molecule has 1 aromatic carbocycles. The minimum atomic E-state index is 0.283. The molecule has 2 aliphatic carbocycles. The molecule has 3 heteroatoms. The number of thioether (sulfide) groups is 1. The molecule has 2 saturated carbocycles. The molecule has 0 atom stereocenters. The van der Waals surface area contributed by atoms with Gasteiger partial charge in [0.1, 0.15) is 0 Å². The van der Waals surface area contributed by atoms with Crippen molar-refractivity contribution < 1.29 is 0 Å². The van der Waals surface area contributed by atoms with Gasteiger partial charge in [-0.2, -0.15) is 0 Å². The molecular formula is C14H18BrNS. The Morgan fingerprint density at radius 2 is 2.12 bits per heavy atom. The second-order valence-corrected chi connectivity index (χ2v) is 7.50. The first-order chi connectivity index (χ1) is 8.23. The Morgan fingerprint density at radius 3 is 2.59 bits per heavy atom. The molecule has 0 bridgehead atoms. The van der Waals surface area contributed by atoms with Gasteiger partial charge in [-0.1, -0.05) is 12.5 Å². The zero-order chi connectivity index (χ0) is 11.9. The number of hydrogen-bond acceptors (Lipinski definition) is 2. The largest absolute Gasteiger partial charge is 0.330 e. The lowest BCUT2D eigenvalue weighted by Crippen LogP contribution is -2.41. The lowest BCUT2D eigenvalue weighted by Gasteiger charge is -2.41. The molecule has 1 aromatic rings. The van der Waals surface area contributed by atoms with E-state index in [1.54, 1.807) is 0 Å². The molecule has 0 amide bonds. The van der Waals surface area contributed by atoms with Crippen LogP contribution in [0.3, 0.4) is 0 Å². The second kappa shape index (κ2) is 4.60. The summed E-state index contributed by atoms with van der Waals surface area (Å²) in [5.74, 6) is 0. The monoisotopic (exact) mass is 311 g/mol. The smallest absolute Gasteiger partial charge is 0.0314 e. The molecule has 2 aliphatic rings. The normalized spacial score (nSPS) is 22.2. The first kappa shape index (κ1) is 12.1. The number of rotatable bonds is 4. The zero-order valence-corrected chi connectivity index (χ0v) is 12.3. The molecule has 1 nitrogen and oxygen atoms in total. The molecule has 0 spiro atoms. The zero-order valence-electron chi connectivity index (χ0n) is 9.92. The van der Waals surface area contributed by atoms with Crippen LogP contribution in [0.15, 0.2) is 27.6 Å². The van der Waals surface area contributed by atoms with Crippen LogP contribution >= 0.6 is 27.7 Å². The van der Waals surface area contributed by atoms with Crippen molar-refractivity contribution in [2.24, 2.45) is 5.73 Å². The molecule has 17 heavy (non-hydrogen) atoms. The van der Waals surface area contributed by atoms with Crippen LogP contribution in [0.1, 0.15) is 37.7 Å². The Morgan fingerprint density at radius 1 is 1.35 bits per heavy atom. The summed E-state index contributed by atoms with van der Waals surface area (Å²) < 4.78 is 1.26. The van der Waals surface area contributed by atoms with Crippen molar-refractivity contribution >= 4 is 27.7 Å². The summed E-state index contributed by atoms with van der Waals surface area (Å²) in [6, 6.07) is 6.87. The third kappa shape index (κ3) is 2.29. The summed E-state index contributed by atoms with van der Waals surface area (Å²) in [5.41, 5.74) is 7.67. The van der Waals surface area contributed by atoms with Crippen LogP contribution < -0.4 is 5.73 Å². The average molecular weight is 312 g/mol. The molecule has 2 N–H and O–H groups in total. The third-order valence-electron chi connectivity index (χ3n) is 4.06. The van der Waals surface area contributed by atoms with Crippen LogP contribution in [0.4, 0.5) is 0 Å². The molecule has 0 saturated heterocycles. The minimum absolute atomic E-state index is 0.283. The molecule has 0 aromatic heterocycles. The van der Waals surface area contributed by atoms with Gasteiger partial charge in [0.15, 0.2) is 0 Å². The fourth-order valence-electron chi connectivity index (χ4n) is 2.51. The first-order valence-corrected chi connectivity index (χ1v) is 8.07. The Balaban J connectivity index is 1.84. The number of hydrogen-bond donors (Lipinski definition) is 1. The highest BCUT2D eigenvalue weighted by Gasteiger charge is 2.37. The van der Waals surface area contributed by atoms with Gasteiger partial charge in [0.2, 0.25) is 0 Å². The van der Waals surface area contributed by atoms with E-state index in [0.29, 0.717) is 0 Å². The Bertz CT molecular complexity index is 419. The summed E-state index contributed by atoms with van der Waals surface area (Å²) in [6.07, 6.45) is 6.60. The van der Waals surface area contributed by atoms with Gasteiger partial charge in [-0.25, -0.2) is 0 Å². The van der Waals surface area contributed by atoms with Gasteiger partial charge in [-0.05, 0) is 59.3 Å². The fraction of sp³-hybridized carbons (Fsp3) is 0.571. The van der Waals surface area contributed by atoms with Crippen molar-refractivity contribution in [1.29, 1.82) is 0 Å². The molecule has 0 unspecified atom stereocenters. The SMILES string of the molecule is NCC1(c2ccc(SC3CC3)c(Br)c2)CCC1. The molecule has 2 fully saturated rings. The topological polar surface area (TPSA) is 26.0 Å². The first-order valence-electron chi connectivity index (χ1n) is 6.40. The van der Waals surface area contributed by atoms with Crippen molar-refractivity contribution in [2.75, 3.05) is 6.54 Å². The van der Waals surface area contributed by atoms with Gasteiger partial charge >= 0.3 is 0 Å².